The number of aromatic amines is 1. The lowest BCUT2D eigenvalue weighted by Crippen LogP contribution is -2.20. The number of nitrogens with two attached hydrogens (primary N) is 2. The Labute approximate surface area is 87.3 Å². The van der Waals surface area contributed by atoms with E-state index in [1.165, 1.54) is 0 Å². The van der Waals surface area contributed by atoms with Gasteiger partial charge in [-0.3, -0.25) is 4.79 Å². The standard InChI is InChI=1S/C11H13N3O/c12-9(6-11(13)15)7-1-2-10-8(5-7)3-4-14-10/h1-5,9,14H,6,12H2,(H2,13,15)/t9-/m1/s1. The molecule has 78 valence electrons. The fourth-order valence-electron chi connectivity index (χ4n) is 1.64. The van der Waals surface area contributed by atoms with E-state index < -0.39 is 0 Å². The highest BCUT2D eigenvalue weighted by Gasteiger charge is 2.09. The Balaban J connectivity index is 2.30. The third-order valence-corrected chi connectivity index (χ3v) is 2.43. The summed E-state index contributed by atoms with van der Waals surface area (Å²) in [4.78, 5) is 13.8. The summed E-state index contributed by atoms with van der Waals surface area (Å²) in [6.45, 7) is 0. The van der Waals surface area contributed by atoms with Crippen LogP contribution in [0, 0.1) is 0 Å². The second-order valence-electron chi connectivity index (χ2n) is 3.60. The molecule has 0 unspecified atom stereocenters. The van der Waals surface area contributed by atoms with Crippen LogP contribution in [0.25, 0.3) is 10.9 Å². The monoisotopic (exact) mass is 203 g/mol. The summed E-state index contributed by atoms with van der Waals surface area (Å²) in [5.74, 6) is -0.378. The minimum Gasteiger partial charge on any atom is -0.370 e. The van der Waals surface area contributed by atoms with Gasteiger partial charge in [0.15, 0.2) is 0 Å². The normalized spacial score (nSPS) is 12.9. The molecule has 1 aromatic carbocycles. The summed E-state index contributed by atoms with van der Waals surface area (Å²) >= 11 is 0. The maximum absolute atomic E-state index is 10.7. The van der Waals surface area contributed by atoms with Gasteiger partial charge in [-0.1, -0.05) is 6.07 Å². The highest BCUT2D eigenvalue weighted by molar-refractivity contribution is 5.80. The van der Waals surface area contributed by atoms with Gasteiger partial charge in [-0.25, -0.2) is 0 Å². The molecule has 1 amide bonds. The first kappa shape index (κ1) is 9.73. The number of hydrogen-bond donors (Lipinski definition) is 3. The summed E-state index contributed by atoms with van der Waals surface area (Å²) in [6, 6.07) is 7.48. The van der Waals surface area contributed by atoms with Crippen molar-refractivity contribution in [2.75, 3.05) is 0 Å². The number of amides is 1. The van der Waals surface area contributed by atoms with E-state index in [0.717, 1.165) is 16.5 Å². The molecule has 0 aliphatic carbocycles. The van der Waals surface area contributed by atoms with Crippen LogP contribution in [-0.4, -0.2) is 10.9 Å². The first-order chi connectivity index (χ1) is 7.16. The van der Waals surface area contributed by atoms with Gasteiger partial charge in [-0.05, 0) is 29.1 Å². The number of primary amides is 1. The molecule has 0 aliphatic heterocycles. The Bertz CT molecular complexity index is 489. The minimum absolute atomic E-state index is 0.177. The van der Waals surface area contributed by atoms with Crippen LogP contribution in [0.5, 0.6) is 0 Å². The molecule has 0 fully saturated rings. The molecule has 0 spiro atoms. The Morgan fingerprint density at radius 1 is 1.40 bits per heavy atom. The van der Waals surface area contributed by atoms with E-state index in [9.17, 15) is 4.79 Å². The van der Waals surface area contributed by atoms with Crippen molar-refractivity contribution in [1.29, 1.82) is 0 Å². The first-order valence-electron chi connectivity index (χ1n) is 4.78. The number of fused-ring (bicyclic) bond motifs is 1. The van der Waals surface area contributed by atoms with E-state index in [-0.39, 0.29) is 18.4 Å². The lowest BCUT2D eigenvalue weighted by Gasteiger charge is -2.09. The zero-order valence-electron chi connectivity index (χ0n) is 8.23. The highest BCUT2D eigenvalue weighted by Crippen LogP contribution is 2.19. The van der Waals surface area contributed by atoms with Gasteiger partial charge in [0.05, 0.1) is 0 Å². The zero-order valence-corrected chi connectivity index (χ0v) is 8.23. The van der Waals surface area contributed by atoms with Gasteiger partial charge in [-0.2, -0.15) is 0 Å². The molecule has 15 heavy (non-hydrogen) atoms. The molecule has 0 saturated heterocycles. The molecule has 1 atom stereocenters. The van der Waals surface area contributed by atoms with Gasteiger partial charge in [-0.15, -0.1) is 0 Å². The first-order valence-corrected chi connectivity index (χ1v) is 4.78. The van der Waals surface area contributed by atoms with Crippen molar-refractivity contribution in [3.05, 3.63) is 36.0 Å². The molecule has 5 N–H and O–H groups in total. The van der Waals surface area contributed by atoms with E-state index in [0.29, 0.717) is 0 Å². The Hall–Kier alpha value is -1.81. The number of rotatable bonds is 3. The average Bonchev–Trinajstić information content (AvgIpc) is 2.62. The van der Waals surface area contributed by atoms with Crippen molar-refractivity contribution in [2.45, 2.75) is 12.5 Å². The molecule has 0 radical (unpaired) electrons. The van der Waals surface area contributed by atoms with Gasteiger partial charge in [0.2, 0.25) is 5.91 Å². The number of H-pyrrole nitrogens is 1. The van der Waals surface area contributed by atoms with Gasteiger partial charge < -0.3 is 16.5 Å². The van der Waals surface area contributed by atoms with E-state index in [2.05, 4.69) is 4.98 Å². The predicted octanol–water partition coefficient (Wildman–Crippen LogP) is 1.04. The second kappa shape index (κ2) is 3.74. The van der Waals surface area contributed by atoms with Crippen LogP contribution in [0.4, 0.5) is 0 Å². The van der Waals surface area contributed by atoms with Crippen molar-refractivity contribution in [3.8, 4) is 0 Å². The van der Waals surface area contributed by atoms with E-state index >= 15 is 0 Å². The van der Waals surface area contributed by atoms with Crippen LogP contribution in [0.2, 0.25) is 0 Å². The number of carbonyl (C=O) groups is 1. The van der Waals surface area contributed by atoms with E-state index in [1.54, 1.807) is 0 Å². The molecule has 0 aliphatic rings. The van der Waals surface area contributed by atoms with Crippen LogP contribution in [0.3, 0.4) is 0 Å². The molecule has 2 aromatic rings. The fraction of sp³-hybridized carbons (Fsp3) is 0.182. The summed E-state index contributed by atoms with van der Waals surface area (Å²) in [5, 5.41) is 1.09. The number of aromatic nitrogens is 1. The topological polar surface area (TPSA) is 84.9 Å². The molecular weight excluding hydrogens is 190 g/mol. The van der Waals surface area contributed by atoms with Gasteiger partial charge in [0.25, 0.3) is 0 Å². The number of carbonyl (C=O) groups excluding carboxylic acids is 1. The van der Waals surface area contributed by atoms with Gasteiger partial charge >= 0.3 is 0 Å². The average molecular weight is 203 g/mol. The largest absolute Gasteiger partial charge is 0.370 e. The van der Waals surface area contributed by atoms with Crippen LogP contribution < -0.4 is 11.5 Å². The second-order valence-corrected chi connectivity index (χ2v) is 3.60. The Kier molecular flexibility index (Phi) is 2.43. The van der Waals surface area contributed by atoms with Crippen LogP contribution in [0.15, 0.2) is 30.5 Å². The van der Waals surface area contributed by atoms with Crippen molar-refractivity contribution in [1.82, 2.24) is 4.98 Å². The number of benzene rings is 1. The van der Waals surface area contributed by atoms with Gasteiger partial charge in [0, 0.05) is 24.2 Å². The smallest absolute Gasteiger partial charge is 0.219 e. The van der Waals surface area contributed by atoms with Crippen LogP contribution in [-0.2, 0) is 4.79 Å². The molecule has 1 heterocycles. The Morgan fingerprint density at radius 2 is 2.20 bits per heavy atom. The van der Waals surface area contributed by atoms with Gasteiger partial charge in [0.1, 0.15) is 0 Å². The third kappa shape index (κ3) is 1.99. The van der Waals surface area contributed by atoms with Crippen LogP contribution in [0.1, 0.15) is 18.0 Å². The molecule has 1 aromatic heterocycles. The quantitative estimate of drug-likeness (QED) is 0.696. The number of nitrogens with one attached hydrogen (secondary N) is 1. The third-order valence-electron chi connectivity index (χ3n) is 2.43. The van der Waals surface area contributed by atoms with Crippen molar-refractivity contribution < 1.29 is 4.79 Å². The lowest BCUT2D eigenvalue weighted by molar-refractivity contribution is -0.118. The zero-order chi connectivity index (χ0) is 10.8. The lowest BCUT2D eigenvalue weighted by atomic mass is 10.0. The minimum atomic E-state index is -0.378. The summed E-state index contributed by atoms with van der Waals surface area (Å²) < 4.78 is 0. The fourth-order valence-corrected chi connectivity index (χ4v) is 1.64. The molecule has 0 saturated carbocycles. The van der Waals surface area contributed by atoms with Crippen molar-refractivity contribution >= 4 is 16.8 Å². The van der Waals surface area contributed by atoms with Crippen molar-refractivity contribution in [2.24, 2.45) is 11.5 Å². The summed E-state index contributed by atoms with van der Waals surface area (Å²) in [7, 11) is 0. The molecule has 2 rings (SSSR count). The van der Waals surface area contributed by atoms with Crippen molar-refractivity contribution in [3.63, 3.8) is 0 Å². The molecular formula is C11H13N3O. The Morgan fingerprint density at radius 3 is 2.93 bits per heavy atom. The SMILES string of the molecule is NC(=O)C[C@@H](N)c1ccc2[nH]ccc2c1. The molecule has 0 bridgehead atoms. The van der Waals surface area contributed by atoms with E-state index in [1.807, 2.05) is 30.5 Å². The number of hydrogen-bond acceptors (Lipinski definition) is 2. The van der Waals surface area contributed by atoms with E-state index in [4.69, 9.17) is 11.5 Å². The highest BCUT2D eigenvalue weighted by atomic mass is 16.1. The summed E-state index contributed by atoms with van der Waals surface area (Å²) in [5.41, 5.74) is 12.9. The predicted molar refractivity (Wildman–Crippen MR) is 59.0 cm³/mol. The maximum Gasteiger partial charge on any atom is 0.219 e. The molecule has 4 heteroatoms. The maximum atomic E-state index is 10.7. The van der Waals surface area contributed by atoms with Crippen LogP contribution >= 0.6 is 0 Å². The summed E-state index contributed by atoms with van der Waals surface area (Å²) in [6.07, 6.45) is 2.05. The molecule has 4 nitrogen and oxygen atoms in total.